The molecule has 1 aliphatic heterocycles. The maximum absolute atomic E-state index is 13.0. The minimum absolute atomic E-state index is 0.0657. The second-order valence-corrected chi connectivity index (χ2v) is 11.7. The van der Waals surface area contributed by atoms with Crippen LogP contribution in [0.4, 0.5) is 5.69 Å². The first-order chi connectivity index (χ1) is 18.7. The van der Waals surface area contributed by atoms with Crippen LogP contribution < -0.4 is 5.32 Å². The third kappa shape index (κ3) is 7.21. The van der Waals surface area contributed by atoms with E-state index in [9.17, 15) is 19.5 Å². The van der Waals surface area contributed by atoms with Crippen molar-refractivity contribution in [2.45, 2.75) is 24.2 Å². The van der Waals surface area contributed by atoms with Gasteiger partial charge in [-0.25, -0.2) is 4.79 Å². The number of carbonyl (C=O) groups is 3. The van der Waals surface area contributed by atoms with Crippen LogP contribution in [0.15, 0.2) is 59.5 Å². The molecule has 204 valence electrons. The summed E-state index contributed by atoms with van der Waals surface area (Å²) in [5.41, 5.74) is 0.770. The Labute approximate surface area is 250 Å². The highest BCUT2D eigenvalue weighted by atomic mass is 35.5. The Balaban J connectivity index is 1.35. The second kappa shape index (κ2) is 13.3. The number of carboxylic acid groups (broad SMARTS) is 1. The van der Waals surface area contributed by atoms with Gasteiger partial charge in [-0.15, -0.1) is 11.8 Å². The Bertz CT molecular complexity index is 1400. The third-order valence-electron chi connectivity index (χ3n) is 6.50. The molecule has 0 bridgehead atoms. The molecule has 3 aromatic rings. The van der Waals surface area contributed by atoms with Crippen molar-refractivity contribution in [2.75, 3.05) is 24.2 Å². The summed E-state index contributed by atoms with van der Waals surface area (Å²) in [6, 6.07) is 17.3. The molecule has 0 atom stereocenters. The van der Waals surface area contributed by atoms with Crippen molar-refractivity contribution in [1.29, 1.82) is 0 Å². The first-order valence-electron chi connectivity index (χ1n) is 12.1. The predicted octanol–water partition coefficient (Wildman–Crippen LogP) is 7.82. The topological polar surface area (TPSA) is 86.7 Å². The number of nitrogens with zero attached hydrogens (tertiary/aromatic N) is 1. The first-order valence-corrected chi connectivity index (χ1v) is 14.6. The monoisotopic (exact) mass is 624 g/mol. The highest BCUT2D eigenvalue weighted by molar-refractivity contribution is 8.00. The van der Waals surface area contributed by atoms with Crippen molar-refractivity contribution in [3.63, 3.8) is 0 Å². The number of carbonyl (C=O) groups excluding carboxylic acids is 2. The van der Waals surface area contributed by atoms with Crippen LogP contribution in [0.25, 0.3) is 0 Å². The molecule has 1 fully saturated rings. The van der Waals surface area contributed by atoms with Crippen molar-refractivity contribution in [3.05, 3.63) is 91.4 Å². The van der Waals surface area contributed by atoms with Gasteiger partial charge < -0.3 is 15.3 Å². The quantitative estimate of drug-likeness (QED) is 0.151. The van der Waals surface area contributed by atoms with E-state index in [-0.39, 0.29) is 31.8 Å². The van der Waals surface area contributed by atoms with Gasteiger partial charge in [0.1, 0.15) is 0 Å². The zero-order chi connectivity index (χ0) is 28.1. The number of anilines is 1. The van der Waals surface area contributed by atoms with E-state index in [2.05, 4.69) is 29.6 Å². The SMILES string of the molecule is O=C(O)c1c(Cl)c(Cl)c(Cl)c(Cl)c1C(=O)Nc1cccc(SCC(=O)N2CCC(Cc3ccccc3)CC2)c1. The molecule has 3 aromatic carbocycles. The van der Waals surface area contributed by atoms with Crippen molar-refractivity contribution in [1.82, 2.24) is 4.90 Å². The van der Waals surface area contributed by atoms with Gasteiger partial charge in [0, 0.05) is 23.7 Å². The first kappa shape index (κ1) is 29.6. The lowest BCUT2D eigenvalue weighted by Gasteiger charge is -2.32. The number of thioether (sulfide) groups is 1. The number of likely N-dealkylation sites (tertiary alicyclic amines) is 1. The molecule has 4 rings (SSSR count). The molecule has 0 aliphatic carbocycles. The van der Waals surface area contributed by atoms with Crippen LogP contribution >= 0.6 is 58.2 Å². The lowest BCUT2D eigenvalue weighted by atomic mass is 9.90. The summed E-state index contributed by atoms with van der Waals surface area (Å²) in [4.78, 5) is 40.3. The molecule has 0 radical (unpaired) electrons. The standard InChI is InChI=1S/C28H24Cl4N2O4S/c29-23-21(22(28(37)38)24(30)26(32)25(23)31)27(36)33-18-7-4-8-19(14-18)39-15-20(35)34-11-9-17(10-12-34)13-16-5-2-1-3-6-16/h1-8,14,17H,9-13,15H2,(H,33,36)(H,37,38). The molecule has 0 aromatic heterocycles. The van der Waals surface area contributed by atoms with Gasteiger partial charge in [0.2, 0.25) is 5.91 Å². The van der Waals surface area contributed by atoms with Crippen LogP contribution in [0.5, 0.6) is 0 Å². The van der Waals surface area contributed by atoms with Gasteiger partial charge in [-0.05, 0) is 48.9 Å². The maximum atomic E-state index is 13.0. The number of carboxylic acids is 1. The van der Waals surface area contributed by atoms with Gasteiger partial charge in [-0.3, -0.25) is 9.59 Å². The fourth-order valence-electron chi connectivity index (χ4n) is 4.47. The van der Waals surface area contributed by atoms with Crippen LogP contribution in [-0.4, -0.2) is 46.6 Å². The van der Waals surface area contributed by atoms with Gasteiger partial charge in [-0.1, -0.05) is 82.8 Å². The smallest absolute Gasteiger partial charge is 0.338 e. The fourth-order valence-corrected chi connectivity index (χ4v) is 6.35. The number of nitrogens with one attached hydrogen (secondary N) is 1. The largest absolute Gasteiger partial charge is 0.478 e. The zero-order valence-corrected chi connectivity index (χ0v) is 24.4. The average Bonchev–Trinajstić information content (AvgIpc) is 2.93. The number of aromatic carboxylic acids is 1. The number of amides is 2. The molecule has 0 saturated carbocycles. The molecule has 11 heteroatoms. The van der Waals surface area contributed by atoms with Gasteiger partial charge in [0.15, 0.2) is 0 Å². The summed E-state index contributed by atoms with van der Waals surface area (Å²) in [6.45, 7) is 1.48. The van der Waals surface area contributed by atoms with Crippen LogP contribution in [0, 0.1) is 5.92 Å². The van der Waals surface area contributed by atoms with Crippen molar-refractivity contribution in [3.8, 4) is 0 Å². The normalized spacial score (nSPS) is 13.8. The number of rotatable bonds is 8. The van der Waals surface area contributed by atoms with E-state index in [1.165, 1.54) is 17.3 Å². The number of hydrogen-bond acceptors (Lipinski definition) is 4. The highest BCUT2D eigenvalue weighted by Gasteiger charge is 2.29. The lowest BCUT2D eigenvalue weighted by molar-refractivity contribution is -0.129. The van der Waals surface area contributed by atoms with E-state index in [4.69, 9.17) is 46.4 Å². The number of halogens is 4. The van der Waals surface area contributed by atoms with Gasteiger partial charge in [-0.2, -0.15) is 0 Å². The van der Waals surface area contributed by atoms with Gasteiger partial charge in [0.25, 0.3) is 5.91 Å². The van der Waals surface area contributed by atoms with Crippen LogP contribution in [-0.2, 0) is 11.2 Å². The molecule has 1 saturated heterocycles. The Kier molecular flexibility index (Phi) is 10.1. The molecule has 39 heavy (non-hydrogen) atoms. The van der Waals surface area contributed by atoms with Crippen molar-refractivity contribution < 1.29 is 19.5 Å². The van der Waals surface area contributed by atoms with E-state index in [0.717, 1.165) is 37.2 Å². The molecule has 6 nitrogen and oxygen atoms in total. The summed E-state index contributed by atoms with van der Waals surface area (Å²) in [5.74, 6) is -1.38. The molecule has 1 aliphatic rings. The molecule has 1 heterocycles. The molecule has 0 spiro atoms. The van der Waals surface area contributed by atoms with Crippen LogP contribution in [0.2, 0.25) is 20.1 Å². The summed E-state index contributed by atoms with van der Waals surface area (Å²) in [6.07, 6.45) is 2.99. The molecule has 2 N–H and O–H groups in total. The molecular formula is C28H24Cl4N2O4S. The molecular weight excluding hydrogens is 602 g/mol. The van der Waals surface area contributed by atoms with Crippen LogP contribution in [0.1, 0.15) is 39.1 Å². The van der Waals surface area contributed by atoms with Crippen LogP contribution in [0.3, 0.4) is 0 Å². The summed E-state index contributed by atoms with van der Waals surface area (Å²) < 4.78 is 0. The Morgan fingerprint density at radius 1 is 0.872 bits per heavy atom. The second-order valence-electron chi connectivity index (χ2n) is 9.10. The minimum atomic E-state index is -1.47. The predicted molar refractivity (Wildman–Crippen MR) is 158 cm³/mol. The van der Waals surface area contributed by atoms with E-state index in [1.807, 2.05) is 17.0 Å². The van der Waals surface area contributed by atoms with E-state index in [1.54, 1.807) is 18.2 Å². The highest BCUT2D eigenvalue weighted by Crippen LogP contribution is 2.42. The average molecular weight is 626 g/mol. The number of hydrogen-bond donors (Lipinski definition) is 2. The summed E-state index contributed by atoms with van der Waals surface area (Å²) in [7, 11) is 0. The summed E-state index contributed by atoms with van der Waals surface area (Å²) in [5, 5.41) is 11.1. The number of piperidine rings is 1. The minimum Gasteiger partial charge on any atom is -0.478 e. The molecule has 2 amide bonds. The Morgan fingerprint density at radius 2 is 1.51 bits per heavy atom. The fraction of sp³-hybridized carbons (Fsp3) is 0.250. The van der Waals surface area contributed by atoms with E-state index < -0.39 is 23.0 Å². The lowest BCUT2D eigenvalue weighted by Crippen LogP contribution is -2.39. The Hall–Kier alpha value is -2.42. The van der Waals surface area contributed by atoms with Crippen molar-refractivity contribution in [2.24, 2.45) is 5.92 Å². The van der Waals surface area contributed by atoms with E-state index in [0.29, 0.717) is 11.6 Å². The van der Waals surface area contributed by atoms with Gasteiger partial charge >= 0.3 is 5.97 Å². The van der Waals surface area contributed by atoms with E-state index >= 15 is 0 Å². The third-order valence-corrected chi connectivity index (χ3v) is 9.28. The molecule has 0 unspecified atom stereocenters. The Morgan fingerprint density at radius 3 is 2.15 bits per heavy atom. The van der Waals surface area contributed by atoms with Crippen molar-refractivity contribution >= 4 is 81.6 Å². The number of benzene rings is 3. The summed E-state index contributed by atoms with van der Waals surface area (Å²) >= 11 is 25.6. The zero-order valence-electron chi connectivity index (χ0n) is 20.6. The maximum Gasteiger partial charge on any atom is 0.338 e. The van der Waals surface area contributed by atoms with Gasteiger partial charge in [0.05, 0.1) is 37.0 Å².